The molecule has 5 heteroatoms. The number of hydrogen-bond acceptors (Lipinski definition) is 4. The van der Waals surface area contributed by atoms with Crippen molar-refractivity contribution in [3.05, 3.63) is 22.8 Å². The van der Waals surface area contributed by atoms with Crippen molar-refractivity contribution in [1.29, 1.82) is 0 Å². The maximum Gasteiger partial charge on any atom is 0.232 e. The number of aliphatic hydroxyl groups excluding tert-OH is 1. The van der Waals surface area contributed by atoms with Crippen LogP contribution >= 0.6 is 11.6 Å². The lowest BCUT2D eigenvalue weighted by Crippen LogP contribution is -2.43. The van der Waals surface area contributed by atoms with Crippen LogP contribution in [0.1, 0.15) is 19.4 Å². The average Bonchev–Trinajstić information content (AvgIpc) is 2.27. The molecule has 0 aliphatic rings. The highest BCUT2D eigenvalue weighted by Gasteiger charge is 2.22. The van der Waals surface area contributed by atoms with E-state index in [0.29, 0.717) is 23.1 Å². The third-order valence-electron chi connectivity index (χ3n) is 2.82. The molecule has 1 rings (SSSR count). The highest BCUT2D eigenvalue weighted by molar-refractivity contribution is 6.31. The Morgan fingerprint density at radius 3 is 2.59 bits per heavy atom. The second kappa shape index (κ2) is 5.67. The highest BCUT2D eigenvalue weighted by atomic mass is 35.5. The van der Waals surface area contributed by atoms with Gasteiger partial charge in [0.25, 0.3) is 0 Å². The van der Waals surface area contributed by atoms with Crippen LogP contribution in [0.15, 0.2) is 12.3 Å². The number of likely N-dealkylation sites (N-methyl/N-ethyl adjacent to an activating group) is 1. The third-order valence-corrected chi connectivity index (χ3v) is 3.09. The molecular weight excluding hydrogens is 240 g/mol. The molecule has 0 unspecified atom stereocenters. The van der Waals surface area contributed by atoms with Gasteiger partial charge in [-0.15, -0.1) is 0 Å². The zero-order valence-electron chi connectivity index (χ0n) is 10.7. The average molecular weight is 259 g/mol. The summed E-state index contributed by atoms with van der Waals surface area (Å²) in [5, 5.41) is 9.36. The number of aromatic nitrogens is 1. The molecule has 0 bridgehead atoms. The van der Waals surface area contributed by atoms with Gasteiger partial charge >= 0.3 is 0 Å². The predicted octanol–water partition coefficient (Wildman–Crippen LogP) is 1.95. The summed E-state index contributed by atoms with van der Waals surface area (Å²) in [5.74, 6) is 0.402. The molecule has 0 saturated carbocycles. The molecule has 0 aromatic carbocycles. The van der Waals surface area contributed by atoms with E-state index < -0.39 is 0 Å². The number of ether oxygens (including phenoxy) is 1. The smallest absolute Gasteiger partial charge is 0.232 e. The Labute approximate surface area is 107 Å². The maximum atomic E-state index is 8.94. The van der Waals surface area contributed by atoms with Crippen molar-refractivity contribution in [2.75, 3.05) is 20.7 Å². The first-order valence-corrected chi connectivity index (χ1v) is 5.80. The van der Waals surface area contributed by atoms with Gasteiger partial charge in [-0.3, -0.25) is 0 Å². The topological polar surface area (TPSA) is 45.6 Å². The zero-order chi connectivity index (χ0) is 13.1. The molecule has 0 fully saturated rings. The zero-order valence-corrected chi connectivity index (χ0v) is 11.5. The van der Waals surface area contributed by atoms with Gasteiger partial charge in [0, 0.05) is 11.7 Å². The summed E-state index contributed by atoms with van der Waals surface area (Å²) in [6, 6.07) is 1.66. The van der Waals surface area contributed by atoms with Crippen molar-refractivity contribution >= 4 is 11.6 Å². The SMILES string of the molecule is CN(C)C(C)(C)COc1ncc(CO)cc1Cl. The summed E-state index contributed by atoms with van der Waals surface area (Å²) in [5.41, 5.74) is 0.579. The molecule has 96 valence electrons. The summed E-state index contributed by atoms with van der Waals surface area (Å²) in [4.78, 5) is 6.15. The first-order chi connectivity index (χ1) is 7.86. The lowest BCUT2D eigenvalue weighted by molar-refractivity contribution is 0.111. The molecule has 0 aliphatic heterocycles. The Morgan fingerprint density at radius 1 is 1.47 bits per heavy atom. The second-order valence-electron chi connectivity index (χ2n) is 4.78. The fourth-order valence-electron chi connectivity index (χ4n) is 1.03. The summed E-state index contributed by atoms with van der Waals surface area (Å²) < 4.78 is 5.60. The van der Waals surface area contributed by atoms with Crippen molar-refractivity contribution in [1.82, 2.24) is 9.88 Å². The van der Waals surface area contributed by atoms with E-state index in [1.807, 2.05) is 14.1 Å². The lowest BCUT2D eigenvalue weighted by atomic mass is 10.1. The summed E-state index contributed by atoms with van der Waals surface area (Å²) in [6.07, 6.45) is 1.56. The van der Waals surface area contributed by atoms with E-state index in [0.717, 1.165) is 0 Å². The molecule has 0 aliphatic carbocycles. The van der Waals surface area contributed by atoms with Crippen LogP contribution in [-0.4, -0.2) is 41.2 Å². The molecule has 0 spiro atoms. The van der Waals surface area contributed by atoms with E-state index in [9.17, 15) is 0 Å². The number of pyridine rings is 1. The van der Waals surface area contributed by atoms with Gasteiger partial charge in [-0.05, 0) is 39.6 Å². The summed E-state index contributed by atoms with van der Waals surface area (Å²) in [6.45, 7) is 4.56. The molecule has 4 nitrogen and oxygen atoms in total. The molecule has 1 heterocycles. The number of hydrogen-bond donors (Lipinski definition) is 1. The molecule has 1 aromatic heterocycles. The van der Waals surface area contributed by atoms with Gasteiger partial charge in [0.05, 0.1) is 6.61 Å². The van der Waals surface area contributed by atoms with Crippen LogP contribution < -0.4 is 4.74 Å². The lowest BCUT2D eigenvalue weighted by Gasteiger charge is -2.32. The van der Waals surface area contributed by atoms with Gasteiger partial charge in [-0.1, -0.05) is 11.6 Å². The van der Waals surface area contributed by atoms with Gasteiger partial charge in [-0.25, -0.2) is 4.98 Å². The maximum absolute atomic E-state index is 8.94. The standard InChI is InChI=1S/C12H19ClN2O2/c1-12(2,15(3)4)8-17-11-10(13)5-9(7-16)6-14-11/h5-6,16H,7-8H2,1-4H3. The Morgan fingerprint density at radius 2 is 2.12 bits per heavy atom. The molecule has 0 amide bonds. The van der Waals surface area contributed by atoms with E-state index in [4.69, 9.17) is 21.4 Å². The minimum atomic E-state index is -0.0966. The van der Waals surface area contributed by atoms with Crippen molar-refractivity contribution in [2.24, 2.45) is 0 Å². The number of nitrogens with zero attached hydrogens (tertiary/aromatic N) is 2. The summed E-state index contributed by atoms with van der Waals surface area (Å²) in [7, 11) is 3.99. The third kappa shape index (κ3) is 3.84. The van der Waals surface area contributed by atoms with Crippen molar-refractivity contribution < 1.29 is 9.84 Å². The van der Waals surface area contributed by atoms with Crippen molar-refractivity contribution in [3.63, 3.8) is 0 Å². The van der Waals surface area contributed by atoms with Gasteiger partial charge in [0.1, 0.15) is 11.6 Å². The second-order valence-corrected chi connectivity index (χ2v) is 5.19. The largest absolute Gasteiger partial charge is 0.475 e. The van der Waals surface area contributed by atoms with E-state index >= 15 is 0 Å². The van der Waals surface area contributed by atoms with Crippen LogP contribution in [0.2, 0.25) is 5.02 Å². The first kappa shape index (κ1) is 14.2. The van der Waals surface area contributed by atoms with Gasteiger partial charge in [-0.2, -0.15) is 0 Å². The van der Waals surface area contributed by atoms with Crippen LogP contribution in [0, 0.1) is 0 Å². The van der Waals surface area contributed by atoms with Crippen molar-refractivity contribution in [3.8, 4) is 5.88 Å². The van der Waals surface area contributed by atoms with E-state index in [2.05, 4.69) is 23.7 Å². The number of aliphatic hydroxyl groups is 1. The number of rotatable bonds is 5. The molecule has 0 radical (unpaired) electrons. The van der Waals surface area contributed by atoms with E-state index in [-0.39, 0.29) is 12.1 Å². The summed E-state index contributed by atoms with van der Waals surface area (Å²) >= 11 is 6.00. The minimum absolute atomic E-state index is 0.0732. The van der Waals surface area contributed by atoms with Crippen LogP contribution in [-0.2, 0) is 6.61 Å². The normalized spacial score (nSPS) is 11.9. The highest BCUT2D eigenvalue weighted by Crippen LogP contribution is 2.23. The Bertz CT molecular complexity index is 381. The minimum Gasteiger partial charge on any atom is -0.475 e. The molecule has 1 aromatic rings. The predicted molar refractivity (Wildman–Crippen MR) is 68.4 cm³/mol. The number of halogens is 1. The van der Waals surface area contributed by atoms with Gasteiger partial charge in [0.15, 0.2) is 0 Å². The van der Waals surface area contributed by atoms with E-state index in [1.54, 1.807) is 12.3 Å². The van der Waals surface area contributed by atoms with Crippen LogP contribution in [0.4, 0.5) is 0 Å². The fourth-order valence-corrected chi connectivity index (χ4v) is 1.28. The van der Waals surface area contributed by atoms with Crippen LogP contribution in [0.3, 0.4) is 0 Å². The van der Waals surface area contributed by atoms with Gasteiger partial charge < -0.3 is 14.7 Å². The Hall–Kier alpha value is -0.840. The fraction of sp³-hybridized carbons (Fsp3) is 0.583. The Kier molecular flexibility index (Phi) is 4.74. The molecule has 1 N–H and O–H groups in total. The monoisotopic (exact) mass is 258 g/mol. The van der Waals surface area contributed by atoms with Crippen LogP contribution in [0.25, 0.3) is 0 Å². The van der Waals surface area contributed by atoms with Gasteiger partial charge in [0.2, 0.25) is 5.88 Å². The molecular formula is C12H19ClN2O2. The van der Waals surface area contributed by atoms with E-state index in [1.165, 1.54) is 0 Å². The van der Waals surface area contributed by atoms with Crippen LogP contribution in [0.5, 0.6) is 5.88 Å². The molecule has 17 heavy (non-hydrogen) atoms. The van der Waals surface area contributed by atoms with Crippen molar-refractivity contribution in [2.45, 2.75) is 26.0 Å². The Balaban J connectivity index is 2.70. The first-order valence-electron chi connectivity index (χ1n) is 5.42. The molecule has 0 saturated heterocycles. The quantitative estimate of drug-likeness (QED) is 0.877. The molecule has 0 atom stereocenters.